The van der Waals surface area contributed by atoms with E-state index in [0.29, 0.717) is 28.4 Å². The molecule has 0 spiro atoms. The lowest BCUT2D eigenvalue weighted by Crippen LogP contribution is -2.47. The minimum atomic E-state index is -1.03. The van der Waals surface area contributed by atoms with Crippen LogP contribution in [0.2, 0.25) is 0 Å². The van der Waals surface area contributed by atoms with Crippen molar-refractivity contribution in [2.45, 2.75) is 33.3 Å². The number of aryl methyl sites for hydroxylation is 2. The number of nitrogens with one attached hydrogen (secondary N) is 1. The van der Waals surface area contributed by atoms with Crippen LogP contribution >= 0.6 is 0 Å². The molecule has 1 aliphatic heterocycles. The molecule has 2 aromatic rings. The zero-order valence-corrected chi connectivity index (χ0v) is 14.7. The Bertz CT molecular complexity index is 854. The smallest absolute Gasteiger partial charge is 0.311 e. The molecule has 26 heavy (non-hydrogen) atoms. The fourth-order valence-corrected chi connectivity index (χ4v) is 2.84. The van der Waals surface area contributed by atoms with Crippen molar-refractivity contribution in [3.8, 4) is 0 Å². The second-order valence-electron chi connectivity index (χ2n) is 6.10. The van der Waals surface area contributed by atoms with E-state index >= 15 is 0 Å². The number of ether oxygens (including phenoxy) is 1. The van der Waals surface area contributed by atoms with Gasteiger partial charge in [-0.15, -0.1) is 0 Å². The molecule has 0 fully saturated rings. The molecule has 0 bridgehead atoms. The first-order chi connectivity index (χ1) is 12.4. The second-order valence-corrected chi connectivity index (χ2v) is 6.10. The van der Waals surface area contributed by atoms with E-state index in [1.807, 2.05) is 0 Å². The van der Waals surface area contributed by atoms with Gasteiger partial charge < -0.3 is 14.6 Å². The predicted molar refractivity (Wildman–Crippen MR) is 92.7 cm³/mol. The predicted octanol–water partition coefficient (Wildman–Crippen LogP) is 1.75. The molecule has 1 N–H and O–H groups in total. The van der Waals surface area contributed by atoms with Crippen molar-refractivity contribution < 1.29 is 23.6 Å². The number of esters is 1. The molecule has 0 saturated carbocycles. The van der Waals surface area contributed by atoms with Crippen molar-refractivity contribution in [1.82, 2.24) is 5.16 Å². The van der Waals surface area contributed by atoms with Gasteiger partial charge in [0.25, 0.3) is 5.91 Å². The van der Waals surface area contributed by atoms with Gasteiger partial charge in [0.05, 0.1) is 23.5 Å². The highest BCUT2D eigenvalue weighted by Gasteiger charge is 2.31. The molecule has 8 heteroatoms. The van der Waals surface area contributed by atoms with Gasteiger partial charge in [0.15, 0.2) is 6.10 Å². The van der Waals surface area contributed by atoms with Gasteiger partial charge in [0, 0.05) is 5.56 Å². The van der Waals surface area contributed by atoms with Crippen molar-refractivity contribution >= 4 is 29.2 Å². The molecule has 136 valence electrons. The molecule has 2 amide bonds. The summed E-state index contributed by atoms with van der Waals surface area (Å²) >= 11 is 0. The van der Waals surface area contributed by atoms with E-state index in [-0.39, 0.29) is 18.9 Å². The van der Waals surface area contributed by atoms with Crippen LogP contribution in [0.25, 0.3) is 0 Å². The van der Waals surface area contributed by atoms with Crippen LogP contribution in [0.15, 0.2) is 28.8 Å². The quantitative estimate of drug-likeness (QED) is 0.837. The molecule has 1 aliphatic rings. The molecule has 8 nitrogen and oxygen atoms in total. The van der Waals surface area contributed by atoms with E-state index in [1.54, 1.807) is 38.1 Å². The lowest BCUT2D eigenvalue weighted by molar-refractivity contribution is -0.153. The summed E-state index contributed by atoms with van der Waals surface area (Å²) in [5, 5.41) is 6.50. The third-order valence-electron chi connectivity index (χ3n) is 4.20. The zero-order chi connectivity index (χ0) is 18.8. The maximum Gasteiger partial charge on any atom is 0.311 e. The van der Waals surface area contributed by atoms with Crippen molar-refractivity contribution in [2.75, 3.05) is 16.8 Å². The van der Waals surface area contributed by atoms with Crippen LogP contribution in [0.1, 0.15) is 23.9 Å². The van der Waals surface area contributed by atoms with E-state index in [2.05, 4.69) is 10.5 Å². The highest BCUT2D eigenvalue weighted by Crippen LogP contribution is 2.29. The molecule has 0 aliphatic carbocycles. The number of amides is 2. The number of fused-ring (bicyclic) bond motifs is 1. The summed E-state index contributed by atoms with van der Waals surface area (Å²) in [5.74, 6) is -0.777. The number of nitrogens with zero attached hydrogens (tertiary/aromatic N) is 2. The SMILES string of the molecule is Cc1noc(C)c1CC(=O)O[C@H](C)C(=O)N1CC(=O)Nc2ccccc21. The minimum Gasteiger partial charge on any atom is -0.452 e. The molecule has 0 radical (unpaired) electrons. The minimum absolute atomic E-state index is 0.0319. The maximum atomic E-state index is 12.7. The Labute approximate surface area is 150 Å². The molecule has 1 aromatic heterocycles. The molecule has 2 heterocycles. The van der Waals surface area contributed by atoms with E-state index in [4.69, 9.17) is 9.26 Å². The number of carbonyl (C=O) groups excluding carboxylic acids is 3. The first-order valence-electron chi connectivity index (χ1n) is 8.18. The lowest BCUT2D eigenvalue weighted by atomic mass is 10.1. The highest BCUT2D eigenvalue weighted by atomic mass is 16.5. The molecule has 1 aromatic carbocycles. The number of para-hydroxylation sites is 2. The Morgan fingerprint density at radius 1 is 1.35 bits per heavy atom. The lowest BCUT2D eigenvalue weighted by Gasteiger charge is -2.30. The second kappa shape index (κ2) is 6.99. The first kappa shape index (κ1) is 17.7. The highest BCUT2D eigenvalue weighted by molar-refractivity contribution is 6.11. The Morgan fingerprint density at radius 2 is 2.08 bits per heavy atom. The van der Waals surface area contributed by atoms with Gasteiger partial charge in [-0.3, -0.25) is 19.3 Å². The topological polar surface area (TPSA) is 102 Å². The third-order valence-corrected chi connectivity index (χ3v) is 4.20. The van der Waals surface area contributed by atoms with Crippen LogP contribution in [-0.2, 0) is 25.5 Å². The Balaban J connectivity index is 1.70. The zero-order valence-electron chi connectivity index (χ0n) is 14.7. The average Bonchev–Trinajstić information content (AvgIpc) is 2.92. The van der Waals surface area contributed by atoms with Crippen molar-refractivity contribution in [3.63, 3.8) is 0 Å². The van der Waals surface area contributed by atoms with Crippen LogP contribution in [0.3, 0.4) is 0 Å². The molecular weight excluding hydrogens is 338 g/mol. The molecular formula is C18H19N3O5. The van der Waals surface area contributed by atoms with E-state index < -0.39 is 18.0 Å². The first-order valence-corrected chi connectivity index (χ1v) is 8.18. The number of anilines is 2. The Morgan fingerprint density at radius 3 is 2.77 bits per heavy atom. The summed E-state index contributed by atoms with van der Waals surface area (Å²) < 4.78 is 10.3. The molecule has 3 rings (SSSR count). The van der Waals surface area contributed by atoms with Crippen LogP contribution < -0.4 is 10.2 Å². The van der Waals surface area contributed by atoms with Gasteiger partial charge in [-0.05, 0) is 32.9 Å². The summed E-state index contributed by atoms with van der Waals surface area (Å²) in [6.45, 7) is 4.81. The number of hydrogen-bond donors (Lipinski definition) is 1. The van der Waals surface area contributed by atoms with E-state index in [1.165, 1.54) is 11.8 Å². The summed E-state index contributed by atoms with van der Waals surface area (Å²) in [5.41, 5.74) is 2.38. The van der Waals surface area contributed by atoms with Gasteiger partial charge in [0.1, 0.15) is 12.3 Å². The van der Waals surface area contributed by atoms with E-state index in [0.717, 1.165) is 0 Å². The average molecular weight is 357 g/mol. The van der Waals surface area contributed by atoms with E-state index in [9.17, 15) is 14.4 Å². The number of rotatable bonds is 4. The van der Waals surface area contributed by atoms with Crippen LogP contribution in [0, 0.1) is 13.8 Å². The third kappa shape index (κ3) is 3.44. The number of carbonyl (C=O) groups is 3. The maximum absolute atomic E-state index is 12.7. The number of aromatic nitrogens is 1. The summed E-state index contributed by atoms with van der Waals surface area (Å²) in [4.78, 5) is 38.1. The molecule has 1 atom stereocenters. The standard InChI is InChI=1S/C18H19N3O5/c1-10-13(11(2)26-20-10)8-17(23)25-12(3)18(24)21-9-16(22)19-14-6-4-5-7-15(14)21/h4-7,12H,8-9H2,1-3H3,(H,19,22)/t12-/m1/s1. The summed E-state index contributed by atoms with van der Waals surface area (Å²) in [7, 11) is 0. The fraction of sp³-hybridized carbons (Fsp3) is 0.333. The number of hydrogen-bond acceptors (Lipinski definition) is 6. The summed E-state index contributed by atoms with van der Waals surface area (Å²) in [6, 6.07) is 6.97. The monoisotopic (exact) mass is 357 g/mol. The van der Waals surface area contributed by atoms with Gasteiger partial charge in [-0.1, -0.05) is 17.3 Å². The number of benzene rings is 1. The molecule has 0 unspecified atom stereocenters. The van der Waals surface area contributed by atoms with Crippen molar-refractivity contribution in [3.05, 3.63) is 41.3 Å². The van der Waals surface area contributed by atoms with Crippen LogP contribution in [-0.4, -0.2) is 35.6 Å². The van der Waals surface area contributed by atoms with Crippen molar-refractivity contribution in [1.29, 1.82) is 0 Å². The Hall–Kier alpha value is -3.16. The van der Waals surface area contributed by atoms with Gasteiger partial charge >= 0.3 is 5.97 Å². The van der Waals surface area contributed by atoms with Gasteiger partial charge in [-0.25, -0.2) is 0 Å². The van der Waals surface area contributed by atoms with Crippen LogP contribution in [0.4, 0.5) is 11.4 Å². The largest absolute Gasteiger partial charge is 0.452 e. The van der Waals surface area contributed by atoms with Gasteiger partial charge in [-0.2, -0.15) is 0 Å². The van der Waals surface area contributed by atoms with Crippen molar-refractivity contribution in [2.24, 2.45) is 0 Å². The normalized spacial score (nSPS) is 14.4. The van der Waals surface area contributed by atoms with Gasteiger partial charge in [0.2, 0.25) is 5.91 Å². The molecule has 0 saturated heterocycles. The van der Waals surface area contributed by atoms with Crippen LogP contribution in [0.5, 0.6) is 0 Å². The Kier molecular flexibility index (Phi) is 4.75. The fourth-order valence-electron chi connectivity index (χ4n) is 2.84. The summed E-state index contributed by atoms with van der Waals surface area (Å²) in [6.07, 6.45) is -1.06.